The minimum Gasteiger partial charge on any atom is -0.497 e. The number of thiocarbonyl (C=S) groups is 1. The first kappa shape index (κ1) is 21.1. The highest BCUT2D eigenvalue weighted by Crippen LogP contribution is 2.32. The van der Waals surface area contributed by atoms with Crippen molar-refractivity contribution in [3.8, 4) is 5.75 Å². The Morgan fingerprint density at radius 1 is 1.26 bits per heavy atom. The predicted molar refractivity (Wildman–Crippen MR) is 128 cm³/mol. The number of aromatic amines is 1. The van der Waals surface area contributed by atoms with Gasteiger partial charge in [-0.1, -0.05) is 54.3 Å². The largest absolute Gasteiger partial charge is 0.497 e. The average Bonchev–Trinajstić information content (AvgIpc) is 3.30. The lowest BCUT2D eigenvalue weighted by atomic mass is 10.1. The van der Waals surface area contributed by atoms with Gasteiger partial charge in [0.05, 0.1) is 12.0 Å². The number of carbonyl (C=O) groups excluding carboxylic acids is 2. The van der Waals surface area contributed by atoms with Crippen LogP contribution in [0.5, 0.6) is 5.75 Å². The number of carbonyl (C=O) groups is 2. The Morgan fingerprint density at radius 2 is 2.06 bits per heavy atom. The van der Waals surface area contributed by atoms with Crippen LogP contribution in [0, 0.1) is 0 Å². The fourth-order valence-corrected chi connectivity index (χ4v) is 4.62. The first-order valence-electron chi connectivity index (χ1n) is 9.76. The van der Waals surface area contributed by atoms with Crippen LogP contribution in [0.15, 0.2) is 59.6 Å². The maximum atomic E-state index is 12.7. The number of amides is 2. The molecular weight excluding hydrogens is 430 g/mol. The number of hydrogen-bond acceptors (Lipinski definition) is 5. The van der Waals surface area contributed by atoms with E-state index in [1.54, 1.807) is 13.2 Å². The molecule has 2 N–H and O–H groups in total. The number of nitrogens with zero attached hydrogens (tertiary/aromatic N) is 1. The quantitative estimate of drug-likeness (QED) is 0.423. The number of ether oxygens (including phenoxy) is 1. The van der Waals surface area contributed by atoms with Gasteiger partial charge in [0.2, 0.25) is 5.91 Å². The first-order chi connectivity index (χ1) is 15.0. The first-order valence-corrected chi connectivity index (χ1v) is 11.0. The molecule has 0 atom stereocenters. The highest BCUT2D eigenvalue weighted by molar-refractivity contribution is 8.26. The molecule has 1 aliphatic rings. The van der Waals surface area contributed by atoms with E-state index >= 15 is 0 Å². The van der Waals surface area contributed by atoms with Gasteiger partial charge in [0.1, 0.15) is 16.6 Å². The van der Waals surface area contributed by atoms with Crippen molar-refractivity contribution >= 4 is 57.1 Å². The number of fused-ring (bicyclic) bond motifs is 1. The van der Waals surface area contributed by atoms with Crippen LogP contribution in [-0.4, -0.2) is 46.2 Å². The number of nitrogens with one attached hydrogen (secondary N) is 2. The zero-order valence-corrected chi connectivity index (χ0v) is 18.5. The van der Waals surface area contributed by atoms with Crippen LogP contribution in [0.4, 0.5) is 0 Å². The fraction of sp³-hybridized carbons (Fsp3) is 0.174. The lowest BCUT2D eigenvalue weighted by Crippen LogP contribution is -2.40. The van der Waals surface area contributed by atoms with E-state index in [0.717, 1.165) is 27.8 Å². The SMILES string of the molecule is COc1ccc2[nH]cc(CCNC(=O)CN3C(=O)C(=Cc4ccccc4)SC3=S)c2c1. The second-order valence-corrected chi connectivity index (χ2v) is 8.68. The van der Waals surface area contributed by atoms with Crippen LogP contribution in [0.3, 0.4) is 0 Å². The molecule has 2 aromatic carbocycles. The molecular formula is C23H21N3O3S2. The Bertz CT molecular complexity index is 1170. The van der Waals surface area contributed by atoms with Gasteiger partial charge in [-0.15, -0.1) is 0 Å². The molecule has 8 heteroatoms. The molecule has 2 heterocycles. The van der Waals surface area contributed by atoms with Gasteiger partial charge in [-0.25, -0.2) is 0 Å². The van der Waals surface area contributed by atoms with Gasteiger partial charge >= 0.3 is 0 Å². The molecule has 0 bridgehead atoms. The van der Waals surface area contributed by atoms with Gasteiger partial charge < -0.3 is 15.0 Å². The highest BCUT2D eigenvalue weighted by atomic mass is 32.2. The minimum absolute atomic E-state index is 0.0848. The summed E-state index contributed by atoms with van der Waals surface area (Å²) in [7, 11) is 1.64. The number of benzene rings is 2. The number of hydrogen-bond donors (Lipinski definition) is 2. The minimum atomic E-state index is -0.241. The Labute approximate surface area is 189 Å². The van der Waals surface area contributed by atoms with Gasteiger partial charge in [0.15, 0.2) is 0 Å². The molecule has 4 rings (SSSR count). The van der Waals surface area contributed by atoms with E-state index in [4.69, 9.17) is 17.0 Å². The topological polar surface area (TPSA) is 74.4 Å². The van der Waals surface area contributed by atoms with Crippen molar-refractivity contribution in [3.63, 3.8) is 0 Å². The number of methoxy groups -OCH3 is 1. The molecule has 2 amide bonds. The number of H-pyrrole nitrogens is 1. The normalized spacial score (nSPS) is 15.1. The van der Waals surface area contributed by atoms with E-state index in [9.17, 15) is 9.59 Å². The average molecular weight is 452 g/mol. The van der Waals surface area contributed by atoms with E-state index in [1.165, 1.54) is 16.7 Å². The maximum absolute atomic E-state index is 12.7. The molecule has 31 heavy (non-hydrogen) atoms. The van der Waals surface area contributed by atoms with Gasteiger partial charge in [-0.3, -0.25) is 14.5 Å². The highest BCUT2D eigenvalue weighted by Gasteiger charge is 2.33. The zero-order chi connectivity index (χ0) is 21.8. The summed E-state index contributed by atoms with van der Waals surface area (Å²) in [5, 5.41) is 3.95. The molecule has 0 spiro atoms. The molecule has 0 saturated carbocycles. The van der Waals surface area contributed by atoms with Gasteiger partial charge in [0.25, 0.3) is 5.91 Å². The molecule has 1 aromatic heterocycles. The van der Waals surface area contributed by atoms with E-state index in [-0.39, 0.29) is 18.4 Å². The summed E-state index contributed by atoms with van der Waals surface area (Å²) in [4.78, 5) is 30.2. The summed E-state index contributed by atoms with van der Waals surface area (Å²) < 4.78 is 5.68. The van der Waals surface area contributed by atoms with Gasteiger partial charge in [-0.05, 0) is 41.8 Å². The van der Waals surface area contributed by atoms with Crippen molar-refractivity contribution in [3.05, 3.63) is 70.8 Å². The summed E-state index contributed by atoms with van der Waals surface area (Å²) in [5.41, 5.74) is 3.03. The van der Waals surface area contributed by atoms with E-state index in [1.807, 2.05) is 54.7 Å². The molecule has 3 aromatic rings. The van der Waals surface area contributed by atoms with Crippen LogP contribution < -0.4 is 10.1 Å². The molecule has 0 radical (unpaired) electrons. The lowest BCUT2D eigenvalue weighted by Gasteiger charge is -2.14. The van der Waals surface area contributed by atoms with E-state index in [2.05, 4.69) is 10.3 Å². The van der Waals surface area contributed by atoms with Crippen LogP contribution in [-0.2, 0) is 16.0 Å². The molecule has 6 nitrogen and oxygen atoms in total. The smallest absolute Gasteiger partial charge is 0.266 e. The predicted octanol–water partition coefficient (Wildman–Crippen LogP) is 3.74. The molecule has 1 aliphatic heterocycles. The number of aromatic nitrogens is 1. The van der Waals surface area contributed by atoms with Crippen LogP contribution in [0.2, 0.25) is 0 Å². The van der Waals surface area contributed by atoms with Crippen molar-refractivity contribution in [2.75, 3.05) is 20.2 Å². The summed E-state index contributed by atoms with van der Waals surface area (Å²) in [6, 6.07) is 15.4. The zero-order valence-electron chi connectivity index (χ0n) is 16.9. The molecule has 158 valence electrons. The summed E-state index contributed by atoms with van der Waals surface area (Å²) in [6.45, 7) is 0.371. The molecule has 0 unspecified atom stereocenters. The van der Waals surface area contributed by atoms with Gasteiger partial charge in [0, 0.05) is 23.6 Å². The Morgan fingerprint density at radius 3 is 2.84 bits per heavy atom. The third kappa shape index (κ3) is 4.81. The third-order valence-corrected chi connectivity index (χ3v) is 6.34. The van der Waals surface area contributed by atoms with Crippen molar-refractivity contribution in [1.82, 2.24) is 15.2 Å². The van der Waals surface area contributed by atoms with Crippen LogP contribution in [0.25, 0.3) is 17.0 Å². The molecule has 0 aliphatic carbocycles. The van der Waals surface area contributed by atoms with Crippen molar-refractivity contribution < 1.29 is 14.3 Å². The van der Waals surface area contributed by atoms with Crippen LogP contribution in [0.1, 0.15) is 11.1 Å². The van der Waals surface area contributed by atoms with Crippen LogP contribution >= 0.6 is 24.0 Å². The Kier molecular flexibility index (Phi) is 6.39. The van der Waals surface area contributed by atoms with E-state index < -0.39 is 0 Å². The lowest BCUT2D eigenvalue weighted by molar-refractivity contribution is -0.128. The summed E-state index contributed by atoms with van der Waals surface area (Å²) in [6.07, 6.45) is 4.39. The Hall–Kier alpha value is -3.10. The monoisotopic (exact) mass is 451 g/mol. The third-order valence-electron chi connectivity index (χ3n) is 4.96. The molecule has 1 saturated heterocycles. The van der Waals surface area contributed by atoms with Crippen molar-refractivity contribution in [2.24, 2.45) is 0 Å². The van der Waals surface area contributed by atoms with E-state index in [0.29, 0.717) is 22.2 Å². The van der Waals surface area contributed by atoms with Crippen molar-refractivity contribution in [2.45, 2.75) is 6.42 Å². The van der Waals surface area contributed by atoms with Gasteiger partial charge in [-0.2, -0.15) is 0 Å². The summed E-state index contributed by atoms with van der Waals surface area (Å²) in [5.74, 6) is 0.308. The number of rotatable bonds is 7. The van der Waals surface area contributed by atoms with Crippen molar-refractivity contribution in [1.29, 1.82) is 0 Å². The standard InChI is InChI=1S/C23H21N3O3S2/c1-29-17-7-8-19-18(12-17)16(13-25-19)9-10-24-21(27)14-26-22(28)20(31-23(26)30)11-15-5-3-2-4-6-15/h2-8,11-13,25H,9-10,14H2,1H3,(H,24,27). The fourth-order valence-electron chi connectivity index (χ4n) is 3.36. The molecule has 1 fully saturated rings. The Balaban J connectivity index is 1.33. The number of thioether (sulfide) groups is 1. The second-order valence-electron chi connectivity index (χ2n) is 7.00. The second kappa shape index (κ2) is 9.36. The maximum Gasteiger partial charge on any atom is 0.266 e. The summed E-state index contributed by atoms with van der Waals surface area (Å²) >= 11 is 6.53.